The van der Waals surface area contributed by atoms with Crippen molar-refractivity contribution < 1.29 is 9.53 Å². The number of likely N-dealkylation sites (tertiary alicyclic amines) is 1. The number of nitrogens with zero attached hydrogens (tertiary/aromatic N) is 2. The highest BCUT2D eigenvalue weighted by Gasteiger charge is 2.27. The molecular formula is C19H27Cl2N3O2. The van der Waals surface area contributed by atoms with Gasteiger partial charge in [-0.15, -0.1) is 0 Å². The van der Waals surface area contributed by atoms with Crippen molar-refractivity contribution in [2.75, 3.05) is 33.3 Å². The molecule has 0 spiro atoms. The number of benzene rings is 1. The highest BCUT2D eigenvalue weighted by atomic mass is 35.5. The Bertz CT molecular complexity index is 623. The number of hydrogen-bond acceptors (Lipinski definition) is 3. The summed E-state index contributed by atoms with van der Waals surface area (Å²) in [7, 11) is 1.45. The van der Waals surface area contributed by atoms with Gasteiger partial charge >= 0.3 is 5.97 Å². The summed E-state index contributed by atoms with van der Waals surface area (Å²) in [5.41, 5.74) is 0.930. The number of halogens is 2. The minimum Gasteiger partial charge on any atom is -0.469 e. The van der Waals surface area contributed by atoms with Crippen LogP contribution in [0, 0.1) is 5.92 Å². The molecule has 26 heavy (non-hydrogen) atoms. The van der Waals surface area contributed by atoms with Crippen LogP contribution in [0.25, 0.3) is 0 Å². The Balaban J connectivity index is 2.04. The van der Waals surface area contributed by atoms with E-state index in [9.17, 15) is 4.79 Å². The van der Waals surface area contributed by atoms with Crippen LogP contribution in [0.5, 0.6) is 0 Å². The Hall–Kier alpha value is -1.46. The van der Waals surface area contributed by atoms with Crippen molar-refractivity contribution in [3.63, 3.8) is 0 Å². The van der Waals surface area contributed by atoms with E-state index < -0.39 is 0 Å². The Labute approximate surface area is 165 Å². The van der Waals surface area contributed by atoms with Gasteiger partial charge in [-0.2, -0.15) is 0 Å². The van der Waals surface area contributed by atoms with E-state index in [0.29, 0.717) is 16.6 Å². The van der Waals surface area contributed by atoms with E-state index in [-0.39, 0.29) is 17.8 Å². The van der Waals surface area contributed by atoms with Crippen molar-refractivity contribution in [1.29, 1.82) is 0 Å². The van der Waals surface area contributed by atoms with Crippen LogP contribution in [-0.2, 0) is 9.53 Å². The average molecular weight is 400 g/mol. The number of ether oxygens (including phenoxy) is 1. The zero-order valence-electron chi connectivity index (χ0n) is 15.6. The summed E-state index contributed by atoms with van der Waals surface area (Å²) in [6.07, 6.45) is 1.56. The maximum atomic E-state index is 11.7. The summed E-state index contributed by atoms with van der Waals surface area (Å²) in [4.78, 5) is 18.7. The van der Waals surface area contributed by atoms with E-state index in [0.717, 1.165) is 44.0 Å². The number of methoxy groups -OCH3 is 1. The Morgan fingerprint density at radius 1 is 1.35 bits per heavy atom. The molecule has 0 radical (unpaired) electrons. The third kappa shape index (κ3) is 5.27. The molecule has 1 aliphatic heterocycles. The molecule has 0 saturated carbocycles. The van der Waals surface area contributed by atoms with E-state index in [1.807, 2.05) is 25.1 Å². The third-order valence-electron chi connectivity index (χ3n) is 4.67. The molecule has 0 aromatic heterocycles. The molecule has 5 nitrogen and oxygen atoms in total. The molecule has 1 aromatic carbocycles. The Morgan fingerprint density at radius 2 is 1.96 bits per heavy atom. The van der Waals surface area contributed by atoms with Crippen LogP contribution in [0.15, 0.2) is 23.2 Å². The zero-order valence-corrected chi connectivity index (χ0v) is 17.1. The van der Waals surface area contributed by atoms with Crippen LogP contribution in [-0.4, -0.2) is 50.1 Å². The van der Waals surface area contributed by atoms with Crippen LogP contribution in [0.3, 0.4) is 0 Å². The van der Waals surface area contributed by atoms with Gasteiger partial charge < -0.3 is 15.0 Å². The van der Waals surface area contributed by atoms with Crippen LogP contribution in [0.1, 0.15) is 38.2 Å². The number of nitrogens with one attached hydrogen (secondary N) is 1. The van der Waals surface area contributed by atoms with Gasteiger partial charge in [0.2, 0.25) is 0 Å². The van der Waals surface area contributed by atoms with Gasteiger partial charge in [-0.05, 0) is 37.5 Å². The molecule has 1 atom stereocenters. The summed E-state index contributed by atoms with van der Waals surface area (Å²) in [6, 6.07) is 5.55. The molecule has 1 N–H and O–H groups in total. The van der Waals surface area contributed by atoms with Crippen molar-refractivity contribution in [3.8, 4) is 0 Å². The number of hydrogen-bond donors (Lipinski definition) is 1. The summed E-state index contributed by atoms with van der Waals surface area (Å²) >= 11 is 12.6. The predicted molar refractivity (Wildman–Crippen MR) is 107 cm³/mol. The highest BCUT2D eigenvalue weighted by molar-refractivity contribution is 6.36. The first-order valence-electron chi connectivity index (χ1n) is 9.02. The van der Waals surface area contributed by atoms with E-state index >= 15 is 0 Å². The van der Waals surface area contributed by atoms with Gasteiger partial charge in [-0.1, -0.05) is 36.2 Å². The second kappa shape index (κ2) is 10.0. The monoisotopic (exact) mass is 399 g/mol. The third-order valence-corrected chi connectivity index (χ3v) is 5.33. The van der Waals surface area contributed by atoms with Gasteiger partial charge in [0.15, 0.2) is 5.96 Å². The lowest BCUT2D eigenvalue weighted by Gasteiger charge is -2.33. The van der Waals surface area contributed by atoms with E-state index in [1.165, 1.54) is 7.11 Å². The number of carbonyl (C=O) groups is 1. The number of aliphatic imine (C=N–C) groups is 1. The Kier molecular flexibility index (Phi) is 8.04. The second-order valence-corrected chi connectivity index (χ2v) is 7.33. The van der Waals surface area contributed by atoms with Crippen LogP contribution >= 0.6 is 23.2 Å². The fourth-order valence-corrected chi connectivity index (χ4v) is 3.99. The SMILES string of the molecule is CCNC(=NCC(C)c1c(Cl)cccc1Cl)N1CCC(C(=O)OC)CC1. The molecular weight excluding hydrogens is 373 g/mol. The zero-order chi connectivity index (χ0) is 19.1. The molecule has 0 aliphatic carbocycles. The molecule has 1 aromatic rings. The molecule has 1 fully saturated rings. The van der Waals surface area contributed by atoms with Gasteiger partial charge in [0.05, 0.1) is 13.0 Å². The maximum Gasteiger partial charge on any atom is 0.308 e. The first-order chi connectivity index (χ1) is 12.5. The first-order valence-corrected chi connectivity index (χ1v) is 9.78. The fraction of sp³-hybridized carbons (Fsp3) is 0.579. The highest BCUT2D eigenvalue weighted by Crippen LogP contribution is 2.31. The molecule has 1 heterocycles. The number of carbonyl (C=O) groups excluding carboxylic acids is 1. The minimum absolute atomic E-state index is 0.0139. The van der Waals surface area contributed by atoms with E-state index in [1.54, 1.807) is 0 Å². The van der Waals surface area contributed by atoms with Crippen LogP contribution in [0.2, 0.25) is 10.0 Å². The molecule has 144 valence electrons. The predicted octanol–water partition coefficient (Wildman–Crippen LogP) is 3.95. The van der Waals surface area contributed by atoms with Crippen LogP contribution in [0.4, 0.5) is 0 Å². The molecule has 1 saturated heterocycles. The summed E-state index contributed by atoms with van der Waals surface area (Å²) in [5.74, 6) is 0.844. The van der Waals surface area contributed by atoms with E-state index in [4.69, 9.17) is 32.9 Å². The van der Waals surface area contributed by atoms with Gasteiger partial charge in [0, 0.05) is 42.1 Å². The topological polar surface area (TPSA) is 53.9 Å². The van der Waals surface area contributed by atoms with Crippen LogP contribution < -0.4 is 5.32 Å². The smallest absolute Gasteiger partial charge is 0.308 e. The van der Waals surface area contributed by atoms with Crippen molar-refractivity contribution >= 4 is 35.1 Å². The molecule has 1 unspecified atom stereocenters. The van der Waals surface area contributed by atoms with Gasteiger partial charge in [-0.25, -0.2) is 0 Å². The van der Waals surface area contributed by atoms with Crippen molar-refractivity contribution in [2.24, 2.45) is 10.9 Å². The number of esters is 1. The van der Waals surface area contributed by atoms with Gasteiger partial charge in [-0.3, -0.25) is 9.79 Å². The largest absolute Gasteiger partial charge is 0.469 e. The quantitative estimate of drug-likeness (QED) is 0.462. The van der Waals surface area contributed by atoms with Gasteiger partial charge in [0.25, 0.3) is 0 Å². The molecule has 0 bridgehead atoms. The lowest BCUT2D eigenvalue weighted by molar-refractivity contribution is -0.146. The van der Waals surface area contributed by atoms with E-state index in [2.05, 4.69) is 17.1 Å². The molecule has 7 heteroatoms. The lowest BCUT2D eigenvalue weighted by atomic mass is 9.97. The van der Waals surface area contributed by atoms with Gasteiger partial charge in [0.1, 0.15) is 0 Å². The first kappa shape index (κ1) is 20.8. The fourth-order valence-electron chi connectivity index (χ4n) is 3.22. The summed E-state index contributed by atoms with van der Waals surface area (Å²) in [6.45, 7) is 7.06. The molecule has 2 rings (SSSR count). The molecule has 0 amide bonds. The second-order valence-electron chi connectivity index (χ2n) is 6.52. The maximum absolute atomic E-state index is 11.7. The lowest BCUT2D eigenvalue weighted by Crippen LogP contribution is -2.46. The normalized spacial score (nSPS) is 17.1. The summed E-state index contributed by atoms with van der Waals surface area (Å²) < 4.78 is 4.85. The van der Waals surface area contributed by atoms with Crippen molar-refractivity contribution in [3.05, 3.63) is 33.8 Å². The minimum atomic E-state index is -0.117. The standard InChI is InChI=1S/C19H27Cl2N3O2/c1-4-22-19(24-10-8-14(9-11-24)18(25)26-3)23-12-13(2)17-15(20)6-5-7-16(17)21/h5-7,13-14H,4,8-12H2,1-3H3,(H,22,23). The van der Waals surface area contributed by atoms with Crippen molar-refractivity contribution in [2.45, 2.75) is 32.6 Å². The summed E-state index contributed by atoms with van der Waals surface area (Å²) in [5, 5.41) is 4.68. The number of guanidine groups is 1. The molecule has 1 aliphatic rings. The Morgan fingerprint density at radius 3 is 2.50 bits per heavy atom. The van der Waals surface area contributed by atoms with Crippen molar-refractivity contribution in [1.82, 2.24) is 10.2 Å². The number of piperidine rings is 1. The average Bonchev–Trinajstić information content (AvgIpc) is 2.64. The number of rotatable bonds is 5.